The van der Waals surface area contributed by atoms with Crippen molar-refractivity contribution in [3.05, 3.63) is 176 Å². The highest BCUT2D eigenvalue weighted by Gasteiger charge is 2.44. The number of aliphatic carboxylic acids is 1. The number of benzene rings is 6. The van der Waals surface area contributed by atoms with Gasteiger partial charge in [-0.15, -0.1) is 0 Å². The van der Waals surface area contributed by atoms with Gasteiger partial charge in [-0.2, -0.15) is 26.3 Å². The van der Waals surface area contributed by atoms with Gasteiger partial charge in [0.05, 0.1) is 104 Å². The summed E-state index contributed by atoms with van der Waals surface area (Å²) in [6, 6.07) is 24.6. The smallest absolute Gasteiger partial charge is 0.480 e. The predicted molar refractivity (Wildman–Crippen MR) is 365 cm³/mol. The number of nitrogens with zero attached hydrogens (tertiary/aromatic N) is 6. The van der Waals surface area contributed by atoms with Gasteiger partial charge in [0.25, 0.3) is 20.0 Å². The number of hydrogen-bond acceptors (Lipinski definition) is 17. The van der Waals surface area contributed by atoms with Gasteiger partial charge in [0, 0.05) is 50.4 Å². The standard InChI is InChI=1S/C34H34ClF4N3O7S.C29H26ClF4N3O4S.C5H9ClO3/c1-21(2)49-33(44)48-20-47-31(43)19-40-12-13-41-25(17-40)18-42(50(45,46)26-7-4-6-24(16-26)34(37,38)39)30-15-23(10-11-29(30)41)14-22(3)32-27(35)8-5-9-28(32)36;1-18(28-23(30)6-3-7-24(28)31)12-19-8-9-25-26(13-19)37(16-21-15-35(17-27(38)39)10-11-36(21)25)42(40,41)22-5-2-4-20(14-22)29(32,33)34;1-4(2)9-5(7)8-3-6/h4-11,14-16,21,25H,12-13,17-20H2,1-3H3;2-9,12-14,21H,10-11,15-17H2,1H3,(H,38,39);4H,3H2,1-2H3/b22-14+;18-12+;/t25-;21-;/m00./s1. The van der Waals surface area contributed by atoms with Crippen LogP contribution in [0.1, 0.15) is 74.9 Å². The Bertz CT molecular complexity index is 4300. The summed E-state index contributed by atoms with van der Waals surface area (Å²) >= 11 is 17.5. The lowest BCUT2D eigenvalue weighted by Crippen LogP contribution is -2.61. The van der Waals surface area contributed by atoms with Crippen molar-refractivity contribution in [3.63, 3.8) is 0 Å². The second kappa shape index (κ2) is 33.2. The number of esters is 1. The Morgan fingerprint density at radius 2 is 0.950 bits per heavy atom. The Hall–Kier alpha value is -8.39. The minimum Gasteiger partial charge on any atom is -0.480 e. The summed E-state index contributed by atoms with van der Waals surface area (Å²) in [5.41, 5.74) is 1.66. The first kappa shape index (κ1) is 78.3. The number of piperazine rings is 2. The summed E-state index contributed by atoms with van der Waals surface area (Å²) in [4.78, 5) is 52.1. The fraction of sp³-hybridized carbons (Fsp3) is 0.353. The molecule has 33 heteroatoms. The van der Waals surface area contributed by atoms with E-state index < -0.39 is 114 Å². The largest absolute Gasteiger partial charge is 0.511 e. The van der Waals surface area contributed by atoms with E-state index in [0.29, 0.717) is 72.0 Å². The molecule has 4 aliphatic heterocycles. The van der Waals surface area contributed by atoms with E-state index in [4.69, 9.17) is 49.0 Å². The molecular weight excluding hydrogens is 1450 g/mol. The molecule has 0 aliphatic carbocycles. The molecule has 0 radical (unpaired) electrons. The number of anilines is 4. The van der Waals surface area contributed by atoms with Gasteiger partial charge in [-0.1, -0.05) is 83.4 Å². The zero-order valence-electron chi connectivity index (χ0n) is 54.9. The van der Waals surface area contributed by atoms with Gasteiger partial charge in [-0.05, 0) is 149 Å². The molecule has 0 amide bonds. The van der Waals surface area contributed by atoms with Gasteiger partial charge in [0.15, 0.2) is 6.07 Å². The van der Waals surface area contributed by atoms with Crippen molar-refractivity contribution in [2.75, 3.05) is 96.7 Å². The molecule has 2 fully saturated rings. The SMILES string of the molecule is C/C(=C\c1ccc2c(c1)N(S(=O)(=O)c1cccc(C(F)(F)F)c1)C[C@@H]1CN(CC(=O)O)CCN21)c1c(F)cccc1Cl.C/C(=C\c1ccc2c(c1)N(S(=O)(=O)c1cccc(C(F)(F)F)c1)C[C@@H]1CN(CC(=O)OCOC(=O)OC(C)C)CCN21)c1c(F)cccc1Cl.CC(C)OC(=O)OCCl. The monoisotopic (exact) mass is 1510 g/mol. The zero-order chi connectivity index (χ0) is 74.1. The summed E-state index contributed by atoms with van der Waals surface area (Å²) < 4.78 is 192. The summed E-state index contributed by atoms with van der Waals surface area (Å²) in [6.45, 7) is 10.7. The van der Waals surface area contributed by atoms with Crippen molar-refractivity contribution in [1.29, 1.82) is 0 Å². The number of carbonyl (C=O) groups excluding carboxylic acids is 3. The summed E-state index contributed by atoms with van der Waals surface area (Å²) in [7, 11) is -9.04. The normalized spacial score (nSPS) is 16.7. The predicted octanol–water partition coefficient (Wildman–Crippen LogP) is 14.4. The third-order valence-electron chi connectivity index (χ3n) is 16.0. The molecule has 0 saturated carbocycles. The number of carboxylic acids is 1. The molecule has 0 aromatic heterocycles. The first-order valence-corrected chi connectivity index (χ1v) is 35.2. The van der Waals surface area contributed by atoms with Crippen LogP contribution in [0.25, 0.3) is 23.3 Å². The lowest BCUT2D eigenvalue weighted by molar-refractivity contribution is -0.155. The van der Waals surface area contributed by atoms with Crippen molar-refractivity contribution >= 4 is 125 Å². The van der Waals surface area contributed by atoms with Crippen LogP contribution in [0.4, 0.5) is 67.5 Å². The molecule has 0 unspecified atom stereocenters. The average molecular weight is 1520 g/mol. The molecule has 4 aliphatic rings. The number of allylic oxidation sites excluding steroid dienone is 2. The third-order valence-corrected chi connectivity index (χ3v) is 20.3. The van der Waals surface area contributed by atoms with Crippen molar-refractivity contribution in [2.24, 2.45) is 0 Å². The van der Waals surface area contributed by atoms with E-state index >= 15 is 0 Å². The summed E-state index contributed by atoms with van der Waals surface area (Å²) in [5.74, 6) is -2.77. The van der Waals surface area contributed by atoms with Gasteiger partial charge in [0.1, 0.15) is 11.6 Å². The zero-order valence-corrected chi connectivity index (χ0v) is 58.8. The number of alkyl halides is 7. The number of carboxylic acid groups (broad SMARTS) is 1. The van der Waals surface area contributed by atoms with Crippen LogP contribution in [-0.2, 0) is 65.7 Å². The maximum Gasteiger partial charge on any atom is 0.511 e. The molecule has 544 valence electrons. The molecule has 2 saturated heterocycles. The van der Waals surface area contributed by atoms with E-state index in [-0.39, 0.29) is 84.0 Å². The third kappa shape index (κ3) is 19.8. The van der Waals surface area contributed by atoms with Crippen molar-refractivity contribution in [1.82, 2.24) is 9.80 Å². The Labute approximate surface area is 592 Å². The van der Waals surface area contributed by atoms with Crippen LogP contribution in [-0.4, -0.2) is 159 Å². The quantitative estimate of drug-likeness (QED) is 0.0224. The first-order chi connectivity index (χ1) is 47.5. The van der Waals surface area contributed by atoms with E-state index in [2.05, 4.69) is 9.47 Å². The number of ether oxygens (including phenoxy) is 5. The van der Waals surface area contributed by atoms with Crippen LogP contribution in [0, 0.1) is 11.6 Å². The maximum atomic E-state index is 14.7. The number of carbonyl (C=O) groups is 4. The molecule has 2 atom stereocenters. The van der Waals surface area contributed by atoms with Gasteiger partial charge >= 0.3 is 36.6 Å². The summed E-state index contributed by atoms with van der Waals surface area (Å²) in [5, 5.41) is 9.67. The van der Waals surface area contributed by atoms with Crippen LogP contribution in [0.2, 0.25) is 10.0 Å². The highest BCUT2D eigenvalue weighted by molar-refractivity contribution is 7.93. The molecule has 10 rings (SSSR count). The van der Waals surface area contributed by atoms with E-state index in [1.807, 2.05) is 9.80 Å². The molecule has 0 spiro atoms. The Morgan fingerprint density at radius 1 is 0.545 bits per heavy atom. The van der Waals surface area contributed by atoms with Crippen LogP contribution in [0.15, 0.2) is 131 Å². The van der Waals surface area contributed by atoms with Crippen LogP contribution in [0.3, 0.4) is 0 Å². The second-order valence-corrected chi connectivity index (χ2v) is 28.6. The van der Waals surface area contributed by atoms with Crippen LogP contribution in [0.5, 0.6) is 0 Å². The number of fused-ring (bicyclic) bond motifs is 6. The lowest BCUT2D eigenvalue weighted by atomic mass is 10.0. The second-order valence-electron chi connectivity index (χ2n) is 23.9. The van der Waals surface area contributed by atoms with Crippen LogP contribution >= 0.6 is 34.8 Å². The van der Waals surface area contributed by atoms with E-state index in [0.717, 1.165) is 45.0 Å². The fourth-order valence-electron chi connectivity index (χ4n) is 11.6. The number of sulfonamides is 2. The molecule has 1 N–H and O–H groups in total. The Balaban J connectivity index is 0.000000231. The maximum absolute atomic E-state index is 14.7. The van der Waals surface area contributed by atoms with Gasteiger partial charge in [0.2, 0.25) is 6.79 Å². The molecular formula is C68H69Cl3F8N6O14S2. The molecule has 101 heavy (non-hydrogen) atoms. The average Bonchev–Trinajstić information content (AvgIpc) is 0.745. The minimum absolute atomic E-state index is 0.118. The number of rotatable bonds is 17. The van der Waals surface area contributed by atoms with Gasteiger partial charge in [-0.3, -0.25) is 28.0 Å². The molecule has 6 aromatic rings. The lowest BCUT2D eigenvalue weighted by Gasteiger charge is -2.49. The molecule has 4 heterocycles. The number of hydrogen-bond donors (Lipinski definition) is 1. The van der Waals surface area contributed by atoms with Crippen molar-refractivity contribution < 1.29 is 99.9 Å². The van der Waals surface area contributed by atoms with E-state index in [9.17, 15) is 76.2 Å². The minimum atomic E-state index is -4.77. The van der Waals surface area contributed by atoms with Crippen molar-refractivity contribution in [3.8, 4) is 0 Å². The topological polar surface area (TPSA) is 222 Å². The molecule has 6 aromatic carbocycles. The highest BCUT2D eigenvalue weighted by Crippen LogP contribution is 2.45. The van der Waals surface area contributed by atoms with Gasteiger partial charge < -0.3 is 38.6 Å². The van der Waals surface area contributed by atoms with E-state index in [1.54, 1.807) is 112 Å². The highest BCUT2D eigenvalue weighted by atomic mass is 35.5. The number of halogens is 11. The first-order valence-electron chi connectivity index (χ1n) is 31.0. The summed E-state index contributed by atoms with van der Waals surface area (Å²) in [6.07, 6.45) is -8.51. The van der Waals surface area contributed by atoms with Crippen LogP contribution < -0.4 is 18.4 Å². The van der Waals surface area contributed by atoms with Gasteiger partial charge in [-0.25, -0.2) is 35.2 Å². The molecule has 0 bridgehead atoms. The Kier molecular flexibility index (Phi) is 25.7. The molecule has 20 nitrogen and oxygen atoms in total. The van der Waals surface area contributed by atoms with Crippen molar-refractivity contribution in [2.45, 2.75) is 88.0 Å². The fourth-order valence-corrected chi connectivity index (χ4v) is 15.4. The van der Waals surface area contributed by atoms with E-state index in [1.165, 1.54) is 24.3 Å². The Morgan fingerprint density at radius 3 is 1.34 bits per heavy atom.